The number of hydrogen-bond acceptors (Lipinski definition) is 4. The van der Waals surface area contributed by atoms with Crippen LogP contribution in [0.4, 0.5) is 0 Å². The summed E-state index contributed by atoms with van der Waals surface area (Å²) >= 11 is 0. The molecule has 0 saturated carbocycles. The first-order valence-corrected chi connectivity index (χ1v) is 7.34. The van der Waals surface area contributed by atoms with E-state index in [0.29, 0.717) is 18.8 Å². The molecule has 0 aromatic carbocycles. The number of aryl methyl sites for hydroxylation is 2. The maximum absolute atomic E-state index is 12.3. The molecule has 0 aliphatic carbocycles. The van der Waals surface area contributed by atoms with Crippen molar-refractivity contribution in [1.29, 1.82) is 0 Å². The van der Waals surface area contributed by atoms with Gasteiger partial charge in [0.15, 0.2) is 5.03 Å². The highest BCUT2D eigenvalue weighted by Gasteiger charge is 2.31. The average molecular weight is 271 g/mol. The van der Waals surface area contributed by atoms with Crippen LogP contribution in [-0.2, 0) is 21.9 Å². The number of nitrogens with zero attached hydrogens (tertiary/aromatic N) is 3. The van der Waals surface area contributed by atoms with E-state index in [0.717, 1.165) is 12.7 Å². The third-order valence-corrected chi connectivity index (χ3v) is 5.04. The highest BCUT2D eigenvalue weighted by atomic mass is 32.2. The van der Waals surface area contributed by atoms with Crippen molar-refractivity contribution in [2.24, 2.45) is 13.0 Å². The van der Waals surface area contributed by atoms with Crippen molar-refractivity contribution < 1.29 is 13.2 Å². The van der Waals surface area contributed by atoms with Crippen molar-refractivity contribution >= 4 is 16.3 Å². The van der Waals surface area contributed by atoms with Gasteiger partial charge >= 0.3 is 0 Å². The summed E-state index contributed by atoms with van der Waals surface area (Å²) in [7, 11) is -1.81. The zero-order chi connectivity index (χ0) is 13.3. The lowest BCUT2D eigenvalue weighted by atomic mass is 10.0. The van der Waals surface area contributed by atoms with Crippen LogP contribution in [0.2, 0.25) is 0 Å². The molecule has 1 aromatic rings. The van der Waals surface area contributed by atoms with Crippen LogP contribution >= 0.6 is 0 Å². The minimum Gasteiger partial charge on any atom is -0.337 e. The summed E-state index contributed by atoms with van der Waals surface area (Å²) < 4.78 is 27.7. The molecule has 1 fully saturated rings. The molecule has 1 saturated heterocycles. The first-order valence-electron chi connectivity index (χ1n) is 5.90. The topological polar surface area (TPSA) is 72.3 Å². The fraction of sp³-hybridized carbons (Fsp3) is 0.636. The number of rotatable bonds is 3. The van der Waals surface area contributed by atoms with Crippen LogP contribution in [-0.4, -0.2) is 41.6 Å². The molecule has 1 unspecified atom stereocenters. The lowest BCUT2D eigenvalue weighted by Gasteiger charge is -2.28. The summed E-state index contributed by atoms with van der Waals surface area (Å²) in [6.07, 6.45) is 3.83. The van der Waals surface area contributed by atoms with E-state index >= 15 is 0 Å². The van der Waals surface area contributed by atoms with Gasteiger partial charge in [-0.15, -0.1) is 0 Å². The predicted molar refractivity (Wildman–Crippen MR) is 65.5 cm³/mol. The number of sulfonamides is 1. The highest BCUT2D eigenvalue weighted by molar-refractivity contribution is 7.89. The Morgan fingerprint density at radius 2 is 2.22 bits per heavy atom. The summed E-state index contributed by atoms with van der Waals surface area (Å²) in [5, 5.41) is 0.0639. The van der Waals surface area contributed by atoms with Crippen LogP contribution in [0, 0.1) is 12.8 Å². The number of carbonyl (C=O) groups is 1. The lowest BCUT2D eigenvalue weighted by Crippen LogP contribution is -2.40. The number of aldehydes is 1. The van der Waals surface area contributed by atoms with Crippen LogP contribution in [0.5, 0.6) is 0 Å². The maximum Gasteiger partial charge on any atom is 0.262 e. The standard InChI is InChI=1S/C11H17N3O3S/c1-9-12-11(7-13(9)2)18(16,17)14-5-3-4-10(6-14)8-15/h7-8,10H,3-6H2,1-2H3. The van der Waals surface area contributed by atoms with Gasteiger partial charge in [-0.2, -0.15) is 4.31 Å². The first kappa shape index (κ1) is 13.2. The molecule has 0 bridgehead atoms. The molecule has 7 heteroatoms. The largest absolute Gasteiger partial charge is 0.337 e. The molecule has 0 radical (unpaired) electrons. The molecule has 1 aliphatic heterocycles. The molecule has 1 atom stereocenters. The Morgan fingerprint density at radius 1 is 1.50 bits per heavy atom. The molecule has 100 valence electrons. The fourth-order valence-corrected chi connectivity index (χ4v) is 3.65. The van der Waals surface area contributed by atoms with Gasteiger partial charge in [0.1, 0.15) is 12.1 Å². The zero-order valence-electron chi connectivity index (χ0n) is 10.5. The van der Waals surface area contributed by atoms with E-state index in [2.05, 4.69) is 4.98 Å². The zero-order valence-corrected chi connectivity index (χ0v) is 11.4. The summed E-state index contributed by atoms with van der Waals surface area (Å²) in [5.74, 6) is 0.454. The number of carbonyl (C=O) groups excluding carboxylic acids is 1. The SMILES string of the molecule is Cc1nc(S(=O)(=O)N2CCCC(C=O)C2)cn1C. The second-order valence-corrected chi connectivity index (χ2v) is 6.52. The van der Waals surface area contributed by atoms with Gasteiger partial charge in [-0.3, -0.25) is 0 Å². The smallest absolute Gasteiger partial charge is 0.262 e. The normalized spacial score (nSPS) is 22.0. The molecule has 2 heterocycles. The molecule has 18 heavy (non-hydrogen) atoms. The van der Waals surface area contributed by atoms with Crippen molar-refractivity contribution in [3.63, 3.8) is 0 Å². The van der Waals surface area contributed by atoms with Crippen LogP contribution in [0.15, 0.2) is 11.2 Å². The van der Waals surface area contributed by atoms with Crippen LogP contribution in [0.25, 0.3) is 0 Å². The monoisotopic (exact) mass is 271 g/mol. The van der Waals surface area contributed by atoms with E-state index in [9.17, 15) is 13.2 Å². The van der Waals surface area contributed by atoms with Gasteiger partial charge in [-0.25, -0.2) is 13.4 Å². The van der Waals surface area contributed by atoms with Gasteiger partial charge in [0.05, 0.1) is 0 Å². The Morgan fingerprint density at radius 3 is 2.78 bits per heavy atom. The molecule has 0 spiro atoms. The molecular formula is C11H17N3O3S. The number of imidazole rings is 1. The van der Waals surface area contributed by atoms with Gasteiger partial charge in [-0.05, 0) is 19.8 Å². The van der Waals surface area contributed by atoms with Crippen molar-refractivity contribution in [2.75, 3.05) is 13.1 Å². The van der Waals surface area contributed by atoms with Gasteiger partial charge in [0.25, 0.3) is 10.0 Å². The summed E-state index contributed by atoms with van der Waals surface area (Å²) in [5.41, 5.74) is 0. The molecule has 1 aliphatic rings. The van der Waals surface area contributed by atoms with Gasteiger partial charge in [-0.1, -0.05) is 0 Å². The van der Waals surface area contributed by atoms with E-state index in [-0.39, 0.29) is 17.5 Å². The Kier molecular flexibility index (Phi) is 3.54. The number of aromatic nitrogens is 2. The first-order chi connectivity index (χ1) is 8.45. The van der Waals surface area contributed by atoms with E-state index in [1.165, 1.54) is 10.5 Å². The highest BCUT2D eigenvalue weighted by Crippen LogP contribution is 2.22. The van der Waals surface area contributed by atoms with E-state index in [1.54, 1.807) is 18.5 Å². The Bertz CT molecular complexity index is 530. The number of piperidine rings is 1. The summed E-state index contributed by atoms with van der Waals surface area (Å²) in [6.45, 7) is 2.48. The van der Waals surface area contributed by atoms with Gasteiger partial charge in [0, 0.05) is 32.3 Å². The second-order valence-electron chi connectivity index (χ2n) is 4.64. The molecular weight excluding hydrogens is 254 g/mol. The Labute approximate surface area is 107 Å². The third-order valence-electron chi connectivity index (χ3n) is 3.30. The van der Waals surface area contributed by atoms with Gasteiger partial charge in [0.2, 0.25) is 0 Å². The van der Waals surface area contributed by atoms with Crippen LogP contribution < -0.4 is 0 Å². The van der Waals surface area contributed by atoms with Crippen molar-refractivity contribution in [1.82, 2.24) is 13.9 Å². The minimum atomic E-state index is -3.56. The van der Waals surface area contributed by atoms with Crippen molar-refractivity contribution in [2.45, 2.75) is 24.8 Å². The molecule has 0 amide bonds. The van der Waals surface area contributed by atoms with Crippen molar-refractivity contribution in [3.8, 4) is 0 Å². The van der Waals surface area contributed by atoms with E-state index in [4.69, 9.17) is 0 Å². The molecule has 1 aromatic heterocycles. The fourth-order valence-electron chi connectivity index (χ4n) is 2.09. The minimum absolute atomic E-state index is 0.0639. The average Bonchev–Trinajstić information content (AvgIpc) is 2.70. The van der Waals surface area contributed by atoms with E-state index in [1.807, 2.05) is 0 Å². The van der Waals surface area contributed by atoms with E-state index < -0.39 is 10.0 Å². The second kappa shape index (κ2) is 4.81. The van der Waals surface area contributed by atoms with Gasteiger partial charge < -0.3 is 9.36 Å². The van der Waals surface area contributed by atoms with Crippen LogP contribution in [0.1, 0.15) is 18.7 Å². The Balaban J connectivity index is 2.28. The van der Waals surface area contributed by atoms with Crippen LogP contribution in [0.3, 0.4) is 0 Å². The quantitative estimate of drug-likeness (QED) is 0.743. The molecule has 6 nitrogen and oxygen atoms in total. The lowest BCUT2D eigenvalue weighted by molar-refractivity contribution is -0.112. The third kappa shape index (κ3) is 2.32. The maximum atomic E-state index is 12.3. The predicted octanol–water partition coefficient (Wildman–Crippen LogP) is 0.328. The Hall–Kier alpha value is -1.21. The number of hydrogen-bond donors (Lipinski definition) is 0. The summed E-state index contributed by atoms with van der Waals surface area (Å²) in [6, 6.07) is 0. The van der Waals surface area contributed by atoms with Crippen molar-refractivity contribution in [3.05, 3.63) is 12.0 Å². The molecule has 2 rings (SSSR count). The summed E-state index contributed by atoms with van der Waals surface area (Å²) in [4.78, 5) is 14.8. The molecule has 0 N–H and O–H groups in total.